The van der Waals surface area contributed by atoms with Gasteiger partial charge in [-0.15, -0.1) is 0 Å². The summed E-state index contributed by atoms with van der Waals surface area (Å²) in [7, 11) is 0. The minimum absolute atomic E-state index is 0.00353. The summed E-state index contributed by atoms with van der Waals surface area (Å²) in [5.41, 5.74) is 2.27. The van der Waals surface area contributed by atoms with E-state index >= 15 is 0 Å². The number of fused-ring (bicyclic) bond motifs is 1. The fourth-order valence-electron chi connectivity index (χ4n) is 4.20. The van der Waals surface area contributed by atoms with Crippen molar-refractivity contribution < 1.29 is 4.79 Å². The molecule has 3 aromatic heterocycles. The van der Waals surface area contributed by atoms with Crippen LogP contribution in [0, 0.1) is 5.92 Å². The highest BCUT2D eigenvalue weighted by Gasteiger charge is 2.30. The van der Waals surface area contributed by atoms with Crippen LogP contribution in [-0.2, 0) is 6.54 Å². The number of nitrogens with zero attached hydrogens (tertiary/aromatic N) is 5. The molecule has 1 saturated carbocycles. The maximum Gasteiger partial charge on any atom is 0.330 e. The van der Waals surface area contributed by atoms with Gasteiger partial charge in [-0.3, -0.25) is 18.9 Å². The third kappa shape index (κ3) is 3.00. The Bertz CT molecular complexity index is 1070. The van der Waals surface area contributed by atoms with Crippen LogP contribution >= 0.6 is 0 Å². The first kappa shape index (κ1) is 17.2. The molecule has 7 heteroatoms. The Kier molecular flexibility index (Phi) is 4.22. The van der Waals surface area contributed by atoms with E-state index in [0.29, 0.717) is 24.6 Å². The molecule has 0 bridgehead atoms. The number of carbonyl (C=O) groups is 1. The summed E-state index contributed by atoms with van der Waals surface area (Å²) in [5.74, 6) is 0.600. The first-order chi connectivity index (χ1) is 13.7. The summed E-state index contributed by atoms with van der Waals surface area (Å²) in [4.78, 5) is 36.5. The van der Waals surface area contributed by atoms with Gasteiger partial charge in [-0.2, -0.15) is 0 Å². The largest absolute Gasteiger partial charge is 0.337 e. The van der Waals surface area contributed by atoms with Gasteiger partial charge < -0.3 is 4.90 Å². The quantitative estimate of drug-likeness (QED) is 0.700. The molecule has 1 aliphatic heterocycles. The van der Waals surface area contributed by atoms with E-state index < -0.39 is 0 Å². The monoisotopic (exact) mass is 377 g/mol. The molecule has 0 spiro atoms. The maximum absolute atomic E-state index is 13.3. The Morgan fingerprint density at radius 3 is 2.71 bits per heavy atom. The van der Waals surface area contributed by atoms with Gasteiger partial charge in [0.2, 0.25) is 0 Å². The Labute approximate surface area is 162 Å². The van der Waals surface area contributed by atoms with Crippen LogP contribution in [0.15, 0.2) is 47.7 Å². The highest BCUT2D eigenvalue weighted by atomic mass is 16.2. The van der Waals surface area contributed by atoms with E-state index in [1.807, 2.05) is 26.2 Å². The van der Waals surface area contributed by atoms with Crippen molar-refractivity contribution in [1.82, 2.24) is 24.0 Å². The van der Waals surface area contributed by atoms with E-state index in [1.165, 1.54) is 12.8 Å². The second-order valence-corrected chi connectivity index (χ2v) is 7.84. The van der Waals surface area contributed by atoms with Crippen molar-refractivity contribution in [3.63, 3.8) is 0 Å². The first-order valence-electron chi connectivity index (χ1n) is 9.97. The van der Waals surface area contributed by atoms with Crippen LogP contribution in [0.1, 0.15) is 42.1 Å². The standard InChI is InChI=1S/C21H23N5O2/c27-20(16-7-10-22-11-8-16)24-12-2-3-17(14-24)26-19-18(4-1-9-23-19)25(21(26)28)13-15-5-6-15/h1,4,7-11,15,17H,2-3,5-6,12-14H2/t17-/m0/s1. The molecule has 1 atom stereocenters. The Morgan fingerprint density at radius 1 is 1.11 bits per heavy atom. The van der Waals surface area contributed by atoms with Crippen LogP contribution < -0.4 is 5.69 Å². The lowest BCUT2D eigenvalue weighted by Crippen LogP contribution is -2.43. The number of aromatic nitrogens is 4. The van der Waals surface area contributed by atoms with E-state index in [0.717, 1.165) is 30.6 Å². The van der Waals surface area contributed by atoms with E-state index in [1.54, 1.807) is 30.7 Å². The Morgan fingerprint density at radius 2 is 1.93 bits per heavy atom. The topological polar surface area (TPSA) is 73.0 Å². The fraction of sp³-hybridized carbons (Fsp3) is 0.429. The molecular weight excluding hydrogens is 354 g/mol. The molecule has 2 fully saturated rings. The summed E-state index contributed by atoms with van der Waals surface area (Å²) < 4.78 is 3.70. The minimum atomic E-state index is -0.0510. The van der Waals surface area contributed by atoms with Gasteiger partial charge in [0.05, 0.1) is 11.6 Å². The molecule has 2 aliphatic rings. The predicted octanol–water partition coefficient (Wildman–Crippen LogP) is 2.48. The lowest BCUT2D eigenvalue weighted by molar-refractivity contribution is 0.0679. The van der Waals surface area contributed by atoms with Crippen molar-refractivity contribution in [2.75, 3.05) is 13.1 Å². The molecule has 3 aromatic rings. The molecule has 1 saturated heterocycles. The molecule has 0 unspecified atom stereocenters. The van der Waals surface area contributed by atoms with E-state index in [9.17, 15) is 9.59 Å². The molecule has 0 N–H and O–H groups in total. The number of carbonyl (C=O) groups excluding carboxylic acids is 1. The van der Waals surface area contributed by atoms with Gasteiger partial charge in [0.1, 0.15) is 0 Å². The van der Waals surface area contributed by atoms with Crippen molar-refractivity contribution >= 4 is 17.1 Å². The van der Waals surface area contributed by atoms with Gasteiger partial charge in [0, 0.05) is 43.8 Å². The van der Waals surface area contributed by atoms with E-state index in [-0.39, 0.29) is 17.6 Å². The SMILES string of the molecule is O=C(c1ccncc1)N1CCC[C@H](n2c(=O)n(CC3CC3)c3cccnc32)C1. The van der Waals surface area contributed by atoms with E-state index in [4.69, 9.17) is 0 Å². The lowest BCUT2D eigenvalue weighted by Gasteiger charge is -2.33. The maximum atomic E-state index is 13.3. The van der Waals surface area contributed by atoms with Crippen LogP contribution in [0.2, 0.25) is 0 Å². The highest BCUT2D eigenvalue weighted by molar-refractivity contribution is 5.94. The van der Waals surface area contributed by atoms with Crippen LogP contribution in [0.25, 0.3) is 11.2 Å². The Balaban J connectivity index is 1.49. The number of imidazole rings is 1. The number of piperidine rings is 1. The minimum Gasteiger partial charge on any atom is -0.337 e. The first-order valence-corrected chi connectivity index (χ1v) is 9.97. The molecule has 7 nitrogen and oxygen atoms in total. The summed E-state index contributed by atoms with van der Waals surface area (Å²) in [6.07, 6.45) is 9.13. The second-order valence-electron chi connectivity index (χ2n) is 7.84. The molecule has 0 aromatic carbocycles. The summed E-state index contributed by atoms with van der Waals surface area (Å²) in [5, 5.41) is 0. The zero-order chi connectivity index (χ0) is 19.1. The number of hydrogen-bond acceptors (Lipinski definition) is 4. The summed E-state index contributed by atoms with van der Waals surface area (Å²) in [6, 6.07) is 7.29. The normalized spacial score (nSPS) is 19.9. The third-order valence-electron chi connectivity index (χ3n) is 5.84. The van der Waals surface area contributed by atoms with Gasteiger partial charge >= 0.3 is 5.69 Å². The van der Waals surface area contributed by atoms with Crippen LogP contribution in [0.3, 0.4) is 0 Å². The number of pyridine rings is 2. The molecule has 1 aliphatic carbocycles. The van der Waals surface area contributed by atoms with Crippen molar-refractivity contribution in [2.24, 2.45) is 5.92 Å². The predicted molar refractivity (Wildman–Crippen MR) is 105 cm³/mol. The van der Waals surface area contributed by atoms with Gasteiger partial charge in [-0.1, -0.05) is 0 Å². The summed E-state index contributed by atoms with van der Waals surface area (Å²) in [6.45, 7) is 2.00. The van der Waals surface area contributed by atoms with Crippen molar-refractivity contribution in [3.8, 4) is 0 Å². The average Bonchev–Trinajstić information content (AvgIpc) is 3.52. The smallest absolute Gasteiger partial charge is 0.330 e. The van der Waals surface area contributed by atoms with Crippen LogP contribution in [0.4, 0.5) is 0 Å². The van der Waals surface area contributed by atoms with E-state index in [2.05, 4.69) is 9.97 Å². The zero-order valence-electron chi connectivity index (χ0n) is 15.7. The highest BCUT2D eigenvalue weighted by Crippen LogP contribution is 2.32. The van der Waals surface area contributed by atoms with Gasteiger partial charge in [0.25, 0.3) is 5.91 Å². The van der Waals surface area contributed by atoms with Gasteiger partial charge in [-0.25, -0.2) is 9.78 Å². The molecule has 0 radical (unpaired) electrons. The van der Waals surface area contributed by atoms with Crippen molar-refractivity contribution in [2.45, 2.75) is 38.3 Å². The average molecular weight is 377 g/mol. The second kappa shape index (κ2) is 6.89. The third-order valence-corrected chi connectivity index (χ3v) is 5.84. The number of likely N-dealkylation sites (tertiary alicyclic amines) is 1. The molecule has 144 valence electrons. The molecular formula is C21H23N5O2. The van der Waals surface area contributed by atoms with Crippen LogP contribution in [-0.4, -0.2) is 43.0 Å². The van der Waals surface area contributed by atoms with Crippen molar-refractivity contribution in [3.05, 3.63) is 58.9 Å². The molecule has 1 amide bonds. The van der Waals surface area contributed by atoms with Gasteiger partial charge in [-0.05, 0) is 55.9 Å². The lowest BCUT2D eigenvalue weighted by atomic mass is 10.0. The number of amides is 1. The van der Waals surface area contributed by atoms with Gasteiger partial charge in [0.15, 0.2) is 5.65 Å². The van der Waals surface area contributed by atoms with Crippen molar-refractivity contribution in [1.29, 1.82) is 0 Å². The molecule has 4 heterocycles. The zero-order valence-corrected chi connectivity index (χ0v) is 15.7. The van der Waals surface area contributed by atoms with Crippen LogP contribution in [0.5, 0.6) is 0 Å². The summed E-state index contributed by atoms with van der Waals surface area (Å²) >= 11 is 0. The molecule has 5 rings (SSSR count). The Hall–Kier alpha value is -2.96. The molecule has 28 heavy (non-hydrogen) atoms. The number of hydrogen-bond donors (Lipinski definition) is 0. The fourth-order valence-corrected chi connectivity index (χ4v) is 4.20. The number of rotatable bonds is 4.